The molecule has 2 aromatic heterocycles. The average Bonchev–Trinajstić information content (AvgIpc) is 3.23. The third kappa shape index (κ3) is 5.39. The number of guanidine groups is 1. The fourth-order valence-electron chi connectivity index (χ4n) is 2.86. The number of rotatable bonds is 7. The summed E-state index contributed by atoms with van der Waals surface area (Å²) in [5.41, 5.74) is 3.15. The van der Waals surface area contributed by atoms with Gasteiger partial charge in [0.25, 0.3) is 0 Å². The van der Waals surface area contributed by atoms with Gasteiger partial charge in [-0.05, 0) is 61.2 Å². The molecular weight excluding hydrogens is 355 g/mol. The van der Waals surface area contributed by atoms with Crippen molar-refractivity contribution >= 4 is 5.96 Å². The van der Waals surface area contributed by atoms with Crippen LogP contribution >= 0.6 is 0 Å². The van der Waals surface area contributed by atoms with Crippen LogP contribution in [0.25, 0.3) is 5.82 Å². The van der Waals surface area contributed by atoms with Gasteiger partial charge in [0.15, 0.2) is 5.96 Å². The molecule has 146 valence electrons. The maximum atomic E-state index is 13.2. The zero-order chi connectivity index (χ0) is 19.8. The van der Waals surface area contributed by atoms with Crippen LogP contribution in [0.1, 0.15) is 23.6 Å². The predicted octanol–water partition coefficient (Wildman–Crippen LogP) is 3.01. The molecule has 0 aliphatic carbocycles. The molecule has 0 fully saturated rings. The van der Waals surface area contributed by atoms with Crippen molar-refractivity contribution in [3.63, 3.8) is 0 Å². The first-order chi connectivity index (χ1) is 13.7. The Labute approximate surface area is 164 Å². The zero-order valence-corrected chi connectivity index (χ0v) is 16.2. The summed E-state index contributed by atoms with van der Waals surface area (Å²) in [6, 6.07) is 8.86. The van der Waals surface area contributed by atoms with Gasteiger partial charge in [-0.1, -0.05) is 6.07 Å². The van der Waals surface area contributed by atoms with E-state index in [0.29, 0.717) is 6.54 Å². The second-order valence-electron chi connectivity index (χ2n) is 6.43. The maximum absolute atomic E-state index is 13.2. The van der Waals surface area contributed by atoms with Crippen molar-refractivity contribution in [2.24, 2.45) is 4.99 Å². The minimum absolute atomic E-state index is 0.198. The van der Waals surface area contributed by atoms with Crippen LogP contribution in [0.4, 0.5) is 4.39 Å². The molecular formula is C21H25FN6. The Bertz CT molecular complexity index is 920. The maximum Gasteiger partial charge on any atom is 0.191 e. The van der Waals surface area contributed by atoms with E-state index in [-0.39, 0.29) is 5.82 Å². The molecule has 0 atom stereocenters. The van der Waals surface area contributed by atoms with Crippen molar-refractivity contribution in [2.75, 3.05) is 13.1 Å². The summed E-state index contributed by atoms with van der Waals surface area (Å²) in [5, 5.41) is 6.59. The van der Waals surface area contributed by atoms with Crippen LogP contribution in [0.15, 0.2) is 60.2 Å². The van der Waals surface area contributed by atoms with Gasteiger partial charge in [0.05, 0.1) is 6.54 Å². The molecule has 0 aliphatic rings. The summed E-state index contributed by atoms with van der Waals surface area (Å²) < 4.78 is 15.1. The number of aryl methyl sites for hydroxylation is 1. The number of benzene rings is 1. The van der Waals surface area contributed by atoms with E-state index >= 15 is 0 Å². The van der Waals surface area contributed by atoms with Gasteiger partial charge in [-0.25, -0.2) is 19.4 Å². The Morgan fingerprint density at radius 1 is 1.18 bits per heavy atom. The molecule has 0 amide bonds. The standard InChI is InChI=1S/C21H25FN6/c1-3-24-21(26-9-7-18-4-5-19(22)12-16(18)2)27-14-17-6-8-25-20(13-17)28-11-10-23-15-28/h4-6,8,10-13,15H,3,7,9,14H2,1-2H3,(H2,24,26,27). The van der Waals surface area contributed by atoms with E-state index < -0.39 is 0 Å². The largest absolute Gasteiger partial charge is 0.357 e. The highest BCUT2D eigenvalue weighted by atomic mass is 19.1. The Morgan fingerprint density at radius 2 is 2.07 bits per heavy atom. The average molecular weight is 380 g/mol. The van der Waals surface area contributed by atoms with Crippen molar-refractivity contribution < 1.29 is 4.39 Å². The van der Waals surface area contributed by atoms with E-state index in [1.807, 2.05) is 42.8 Å². The lowest BCUT2D eigenvalue weighted by Crippen LogP contribution is -2.38. The van der Waals surface area contributed by atoms with Gasteiger partial charge in [0, 0.05) is 31.7 Å². The number of aromatic nitrogens is 3. The minimum Gasteiger partial charge on any atom is -0.357 e. The molecule has 0 saturated carbocycles. The topological polar surface area (TPSA) is 67.1 Å². The molecule has 0 radical (unpaired) electrons. The molecule has 0 spiro atoms. The smallest absolute Gasteiger partial charge is 0.191 e. The Morgan fingerprint density at radius 3 is 2.82 bits per heavy atom. The molecule has 1 aromatic carbocycles. The minimum atomic E-state index is -0.198. The molecule has 2 N–H and O–H groups in total. The van der Waals surface area contributed by atoms with Crippen molar-refractivity contribution in [1.29, 1.82) is 0 Å². The summed E-state index contributed by atoms with van der Waals surface area (Å²) in [4.78, 5) is 13.1. The Kier molecular flexibility index (Phi) is 6.73. The zero-order valence-electron chi connectivity index (χ0n) is 16.2. The Hall–Kier alpha value is -3.22. The quantitative estimate of drug-likeness (QED) is 0.488. The number of hydrogen-bond donors (Lipinski definition) is 2. The van der Waals surface area contributed by atoms with E-state index in [4.69, 9.17) is 0 Å². The summed E-state index contributed by atoms with van der Waals surface area (Å²) in [7, 11) is 0. The molecule has 0 saturated heterocycles. The van der Waals surface area contributed by atoms with Crippen LogP contribution in [0.3, 0.4) is 0 Å². The van der Waals surface area contributed by atoms with E-state index in [1.54, 1.807) is 24.8 Å². The lowest BCUT2D eigenvalue weighted by molar-refractivity contribution is 0.625. The second kappa shape index (κ2) is 9.64. The van der Waals surface area contributed by atoms with Gasteiger partial charge in [-0.2, -0.15) is 0 Å². The summed E-state index contributed by atoms with van der Waals surface area (Å²) >= 11 is 0. The third-order valence-corrected chi connectivity index (χ3v) is 4.33. The van der Waals surface area contributed by atoms with Gasteiger partial charge < -0.3 is 10.6 Å². The normalized spacial score (nSPS) is 11.5. The van der Waals surface area contributed by atoms with Gasteiger partial charge in [-0.3, -0.25) is 4.57 Å². The van der Waals surface area contributed by atoms with Crippen molar-refractivity contribution in [2.45, 2.75) is 26.8 Å². The highest BCUT2D eigenvalue weighted by Gasteiger charge is 2.03. The van der Waals surface area contributed by atoms with Crippen LogP contribution < -0.4 is 10.6 Å². The highest BCUT2D eigenvalue weighted by molar-refractivity contribution is 5.79. The van der Waals surface area contributed by atoms with E-state index in [2.05, 4.69) is 25.6 Å². The number of nitrogens with zero attached hydrogens (tertiary/aromatic N) is 4. The van der Waals surface area contributed by atoms with Gasteiger partial charge in [-0.15, -0.1) is 0 Å². The fourth-order valence-corrected chi connectivity index (χ4v) is 2.86. The van der Waals surface area contributed by atoms with Crippen molar-refractivity contribution in [1.82, 2.24) is 25.2 Å². The van der Waals surface area contributed by atoms with E-state index in [0.717, 1.165) is 48.0 Å². The SMILES string of the molecule is CCNC(=NCc1ccnc(-n2ccnc2)c1)NCCc1ccc(F)cc1C. The fraction of sp³-hybridized carbons (Fsp3) is 0.286. The van der Waals surface area contributed by atoms with Crippen LogP contribution in [0.2, 0.25) is 0 Å². The lowest BCUT2D eigenvalue weighted by atomic mass is 10.1. The number of imidazole rings is 1. The molecule has 3 rings (SSSR count). The summed E-state index contributed by atoms with van der Waals surface area (Å²) in [6.45, 7) is 5.99. The molecule has 0 bridgehead atoms. The molecule has 7 heteroatoms. The van der Waals surface area contributed by atoms with Crippen LogP contribution in [-0.2, 0) is 13.0 Å². The first kappa shape index (κ1) is 19.5. The number of aliphatic imine (C=N–C) groups is 1. The monoisotopic (exact) mass is 380 g/mol. The van der Waals surface area contributed by atoms with E-state index in [1.165, 1.54) is 6.07 Å². The lowest BCUT2D eigenvalue weighted by Gasteiger charge is -2.12. The Balaban J connectivity index is 1.60. The van der Waals surface area contributed by atoms with Crippen molar-refractivity contribution in [3.8, 4) is 5.82 Å². The van der Waals surface area contributed by atoms with Gasteiger partial charge >= 0.3 is 0 Å². The first-order valence-corrected chi connectivity index (χ1v) is 9.36. The third-order valence-electron chi connectivity index (χ3n) is 4.33. The number of nitrogens with one attached hydrogen (secondary N) is 2. The summed E-state index contributed by atoms with van der Waals surface area (Å²) in [5.74, 6) is 1.37. The van der Waals surface area contributed by atoms with Crippen LogP contribution in [0.5, 0.6) is 0 Å². The number of pyridine rings is 1. The van der Waals surface area contributed by atoms with Crippen molar-refractivity contribution in [3.05, 3.63) is 77.8 Å². The summed E-state index contributed by atoms with van der Waals surface area (Å²) in [6.07, 6.45) is 7.88. The predicted molar refractivity (Wildman–Crippen MR) is 109 cm³/mol. The number of hydrogen-bond acceptors (Lipinski definition) is 3. The van der Waals surface area contributed by atoms with Crippen LogP contribution in [0, 0.1) is 12.7 Å². The molecule has 6 nitrogen and oxygen atoms in total. The second-order valence-corrected chi connectivity index (χ2v) is 6.43. The van der Waals surface area contributed by atoms with Gasteiger partial charge in [0.2, 0.25) is 0 Å². The number of halogens is 1. The molecule has 0 aliphatic heterocycles. The highest BCUT2D eigenvalue weighted by Crippen LogP contribution is 2.10. The van der Waals surface area contributed by atoms with Crippen LogP contribution in [-0.4, -0.2) is 33.6 Å². The molecule has 3 aromatic rings. The molecule has 2 heterocycles. The van der Waals surface area contributed by atoms with E-state index in [9.17, 15) is 4.39 Å². The van der Waals surface area contributed by atoms with Gasteiger partial charge in [0.1, 0.15) is 18.0 Å². The molecule has 0 unspecified atom stereocenters. The first-order valence-electron chi connectivity index (χ1n) is 9.36. The molecule has 28 heavy (non-hydrogen) atoms.